The van der Waals surface area contributed by atoms with Gasteiger partial charge in [-0.3, -0.25) is 4.90 Å². The summed E-state index contributed by atoms with van der Waals surface area (Å²) in [4.78, 5) is 14.8. The minimum Gasteiger partial charge on any atom is -0.464 e. The SMILES string of the molecule is CCOC(=O)C(N)(CN1CCCCC1C)c1ccccc1. The molecule has 1 aromatic carbocycles. The Morgan fingerprint density at radius 2 is 2.10 bits per heavy atom. The molecule has 21 heavy (non-hydrogen) atoms. The molecule has 0 radical (unpaired) electrons. The van der Waals surface area contributed by atoms with Crippen LogP contribution in [0.2, 0.25) is 0 Å². The van der Waals surface area contributed by atoms with Crippen molar-refractivity contribution in [2.45, 2.75) is 44.7 Å². The molecule has 0 spiro atoms. The molecule has 4 nitrogen and oxygen atoms in total. The van der Waals surface area contributed by atoms with Crippen molar-refractivity contribution in [3.8, 4) is 0 Å². The van der Waals surface area contributed by atoms with Crippen LogP contribution in [-0.2, 0) is 15.1 Å². The van der Waals surface area contributed by atoms with Crippen molar-refractivity contribution in [3.05, 3.63) is 35.9 Å². The van der Waals surface area contributed by atoms with Gasteiger partial charge in [0.1, 0.15) is 0 Å². The van der Waals surface area contributed by atoms with Crippen LogP contribution in [0.3, 0.4) is 0 Å². The lowest BCUT2D eigenvalue weighted by Crippen LogP contribution is -2.56. The molecule has 1 heterocycles. The Morgan fingerprint density at radius 3 is 2.71 bits per heavy atom. The van der Waals surface area contributed by atoms with E-state index in [1.807, 2.05) is 37.3 Å². The molecule has 1 aliphatic heterocycles. The lowest BCUT2D eigenvalue weighted by atomic mass is 9.88. The number of carbonyl (C=O) groups is 1. The fraction of sp³-hybridized carbons (Fsp3) is 0.588. The standard InChI is InChI=1S/C17H26N2O2/c1-3-21-16(20)17(18,15-10-5-4-6-11-15)13-19-12-8-7-9-14(19)2/h4-6,10-11,14H,3,7-9,12-13,18H2,1-2H3. The van der Waals surface area contributed by atoms with Gasteiger partial charge < -0.3 is 10.5 Å². The van der Waals surface area contributed by atoms with Crippen molar-refractivity contribution in [3.63, 3.8) is 0 Å². The van der Waals surface area contributed by atoms with Gasteiger partial charge in [-0.2, -0.15) is 0 Å². The normalized spacial score (nSPS) is 22.5. The van der Waals surface area contributed by atoms with Crippen molar-refractivity contribution in [1.29, 1.82) is 0 Å². The molecular weight excluding hydrogens is 264 g/mol. The number of likely N-dealkylation sites (tertiary alicyclic amines) is 1. The summed E-state index contributed by atoms with van der Waals surface area (Å²) >= 11 is 0. The molecule has 2 N–H and O–H groups in total. The Kier molecular flexibility index (Phi) is 5.37. The second kappa shape index (κ2) is 7.05. The highest BCUT2D eigenvalue weighted by Gasteiger charge is 2.40. The van der Waals surface area contributed by atoms with Gasteiger partial charge in [-0.15, -0.1) is 0 Å². The molecule has 2 rings (SSSR count). The average molecular weight is 290 g/mol. The van der Waals surface area contributed by atoms with E-state index in [0.717, 1.165) is 24.9 Å². The molecule has 116 valence electrons. The van der Waals surface area contributed by atoms with Gasteiger partial charge in [0.05, 0.1) is 6.61 Å². The predicted molar refractivity (Wildman–Crippen MR) is 83.8 cm³/mol. The van der Waals surface area contributed by atoms with Crippen LogP contribution in [0.4, 0.5) is 0 Å². The third kappa shape index (κ3) is 3.63. The van der Waals surface area contributed by atoms with Crippen LogP contribution in [0.25, 0.3) is 0 Å². The van der Waals surface area contributed by atoms with Crippen LogP contribution in [0.1, 0.15) is 38.7 Å². The first-order valence-corrected chi connectivity index (χ1v) is 7.83. The lowest BCUT2D eigenvalue weighted by molar-refractivity contribution is -0.151. The molecule has 0 bridgehead atoms. The minimum absolute atomic E-state index is 0.339. The number of benzene rings is 1. The number of rotatable bonds is 5. The summed E-state index contributed by atoms with van der Waals surface area (Å²) in [6.45, 7) is 5.87. The Hall–Kier alpha value is -1.39. The summed E-state index contributed by atoms with van der Waals surface area (Å²) < 4.78 is 5.25. The van der Waals surface area contributed by atoms with Crippen molar-refractivity contribution in [2.24, 2.45) is 5.73 Å². The smallest absolute Gasteiger partial charge is 0.332 e. The predicted octanol–water partition coefficient (Wildman–Crippen LogP) is 2.28. The van der Waals surface area contributed by atoms with Crippen LogP contribution in [-0.4, -0.2) is 36.6 Å². The van der Waals surface area contributed by atoms with E-state index in [2.05, 4.69) is 11.8 Å². The monoisotopic (exact) mass is 290 g/mol. The average Bonchev–Trinajstić information content (AvgIpc) is 2.50. The number of ether oxygens (including phenoxy) is 1. The second-order valence-electron chi connectivity index (χ2n) is 5.87. The van der Waals surface area contributed by atoms with Gasteiger partial charge in [-0.05, 0) is 38.8 Å². The third-order valence-electron chi connectivity index (χ3n) is 4.32. The van der Waals surface area contributed by atoms with Gasteiger partial charge in [0.2, 0.25) is 0 Å². The zero-order valence-electron chi connectivity index (χ0n) is 13.0. The Labute approximate surface area is 127 Å². The molecule has 4 heteroatoms. The van der Waals surface area contributed by atoms with Gasteiger partial charge >= 0.3 is 5.97 Å². The fourth-order valence-electron chi connectivity index (χ4n) is 2.98. The third-order valence-corrected chi connectivity index (χ3v) is 4.32. The highest BCUT2D eigenvalue weighted by Crippen LogP contribution is 2.25. The van der Waals surface area contributed by atoms with Crippen LogP contribution in [0.5, 0.6) is 0 Å². The van der Waals surface area contributed by atoms with Gasteiger partial charge in [0, 0.05) is 12.6 Å². The first-order valence-electron chi connectivity index (χ1n) is 7.83. The molecular formula is C17H26N2O2. The number of carbonyl (C=O) groups excluding carboxylic acids is 1. The van der Waals surface area contributed by atoms with Gasteiger partial charge in [-0.25, -0.2) is 4.79 Å². The minimum atomic E-state index is -1.09. The van der Waals surface area contributed by atoms with Crippen molar-refractivity contribution < 1.29 is 9.53 Å². The van der Waals surface area contributed by atoms with Crippen LogP contribution < -0.4 is 5.73 Å². The van der Waals surface area contributed by atoms with E-state index < -0.39 is 5.54 Å². The van der Waals surface area contributed by atoms with E-state index in [9.17, 15) is 4.79 Å². The van der Waals surface area contributed by atoms with E-state index >= 15 is 0 Å². The summed E-state index contributed by atoms with van der Waals surface area (Å²) in [6, 6.07) is 10.0. The van der Waals surface area contributed by atoms with E-state index in [-0.39, 0.29) is 5.97 Å². The number of esters is 1. The second-order valence-corrected chi connectivity index (χ2v) is 5.87. The Bertz CT molecular complexity index is 463. The number of nitrogens with zero attached hydrogens (tertiary/aromatic N) is 1. The van der Waals surface area contributed by atoms with Crippen LogP contribution in [0.15, 0.2) is 30.3 Å². The van der Waals surface area contributed by atoms with Crippen molar-refractivity contribution in [2.75, 3.05) is 19.7 Å². The first kappa shape index (κ1) is 16.0. The molecule has 0 aromatic heterocycles. The zero-order valence-corrected chi connectivity index (χ0v) is 13.0. The Balaban J connectivity index is 2.25. The van der Waals surface area contributed by atoms with E-state index in [1.165, 1.54) is 6.42 Å². The van der Waals surface area contributed by atoms with E-state index in [1.54, 1.807) is 0 Å². The van der Waals surface area contributed by atoms with Gasteiger partial charge in [0.15, 0.2) is 5.54 Å². The molecule has 0 aliphatic carbocycles. The Morgan fingerprint density at radius 1 is 1.38 bits per heavy atom. The van der Waals surface area contributed by atoms with Crippen LogP contribution in [0, 0.1) is 0 Å². The first-order chi connectivity index (χ1) is 10.1. The van der Waals surface area contributed by atoms with Crippen molar-refractivity contribution >= 4 is 5.97 Å². The molecule has 0 saturated carbocycles. The maximum atomic E-state index is 12.5. The number of nitrogens with two attached hydrogens (primary N) is 1. The van der Waals surface area contributed by atoms with E-state index in [4.69, 9.17) is 10.5 Å². The lowest BCUT2D eigenvalue weighted by Gasteiger charge is -2.39. The molecule has 1 aromatic rings. The van der Waals surface area contributed by atoms with Gasteiger partial charge in [0.25, 0.3) is 0 Å². The fourth-order valence-corrected chi connectivity index (χ4v) is 2.98. The zero-order chi connectivity index (χ0) is 15.3. The van der Waals surface area contributed by atoms with E-state index in [0.29, 0.717) is 19.2 Å². The molecule has 0 amide bonds. The van der Waals surface area contributed by atoms with Crippen molar-refractivity contribution in [1.82, 2.24) is 4.90 Å². The molecule has 2 atom stereocenters. The molecule has 1 fully saturated rings. The summed E-state index contributed by atoms with van der Waals surface area (Å²) in [5, 5.41) is 0. The van der Waals surface area contributed by atoms with Crippen LogP contribution >= 0.6 is 0 Å². The number of piperidine rings is 1. The topological polar surface area (TPSA) is 55.6 Å². The number of hydrogen-bond acceptors (Lipinski definition) is 4. The highest BCUT2D eigenvalue weighted by atomic mass is 16.5. The summed E-state index contributed by atoms with van der Waals surface area (Å²) in [5.41, 5.74) is 6.25. The highest BCUT2D eigenvalue weighted by molar-refractivity contribution is 5.82. The largest absolute Gasteiger partial charge is 0.464 e. The quantitative estimate of drug-likeness (QED) is 0.845. The summed E-state index contributed by atoms with van der Waals surface area (Å²) in [6.07, 6.45) is 3.58. The van der Waals surface area contributed by atoms with Gasteiger partial charge in [-0.1, -0.05) is 36.8 Å². The molecule has 2 unspecified atom stereocenters. The maximum Gasteiger partial charge on any atom is 0.332 e. The summed E-state index contributed by atoms with van der Waals surface area (Å²) in [5.74, 6) is -0.339. The summed E-state index contributed by atoms with van der Waals surface area (Å²) in [7, 11) is 0. The number of hydrogen-bond donors (Lipinski definition) is 1. The molecule has 1 saturated heterocycles. The molecule has 1 aliphatic rings. The maximum absolute atomic E-state index is 12.5.